The van der Waals surface area contributed by atoms with E-state index < -0.39 is 0 Å². The van der Waals surface area contributed by atoms with E-state index in [0.717, 1.165) is 11.3 Å². The average Bonchev–Trinajstić information content (AvgIpc) is 3.26. The molecule has 1 aromatic heterocycles. The number of methoxy groups -OCH3 is 1. The topological polar surface area (TPSA) is 61.5 Å². The summed E-state index contributed by atoms with van der Waals surface area (Å²) in [6, 6.07) is 3.52. The van der Waals surface area contributed by atoms with Gasteiger partial charge in [0.05, 0.1) is 23.7 Å². The highest BCUT2D eigenvalue weighted by Crippen LogP contribution is 2.42. The molecule has 1 fully saturated rings. The number of carbonyl (C=O) groups is 1. The highest BCUT2D eigenvalue weighted by atomic mass is 35.5. The number of benzene rings is 1. The molecule has 0 unspecified atom stereocenters. The molecule has 1 amide bonds. The number of aromatic amines is 1. The molecule has 2 aliphatic rings. The van der Waals surface area contributed by atoms with Crippen LogP contribution in [0.1, 0.15) is 11.5 Å². The second-order valence-electron chi connectivity index (χ2n) is 6.01. The molecule has 1 saturated heterocycles. The zero-order valence-electron chi connectivity index (χ0n) is 13.5. The average molecular weight is 379 g/mol. The fourth-order valence-electron chi connectivity index (χ4n) is 3.42. The lowest BCUT2D eigenvalue weighted by molar-refractivity contribution is -0.128. The van der Waals surface area contributed by atoms with Crippen molar-refractivity contribution in [2.75, 3.05) is 31.6 Å². The van der Waals surface area contributed by atoms with E-state index in [1.54, 1.807) is 36.5 Å². The number of piperazine rings is 1. The predicted molar refractivity (Wildman–Crippen MR) is 96.4 cm³/mol. The van der Waals surface area contributed by atoms with Crippen LogP contribution in [-0.2, 0) is 4.79 Å². The van der Waals surface area contributed by atoms with Crippen LogP contribution >= 0.6 is 23.2 Å². The van der Waals surface area contributed by atoms with E-state index in [-0.39, 0.29) is 18.4 Å². The number of nitrogens with zero attached hydrogens (tertiary/aromatic N) is 3. The Hall–Kier alpha value is -2.18. The number of carbonyl (C=O) groups excluding carboxylic acids is 1. The summed E-state index contributed by atoms with van der Waals surface area (Å²) in [6.07, 6.45) is 5.48. The molecule has 0 spiro atoms. The summed E-state index contributed by atoms with van der Waals surface area (Å²) >= 11 is 12.6. The van der Waals surface area contributed by atoms with Gasteiger partial charge in [-0.2, -0.15) is 0 Å². The fraction of sp³-hybridized carbons (Fsp3) is 0.294. The van der Waals surface area contributed by atoms with Crippen molar-refractivity contribution in [2.45, 2.75) is 5.92 Å². The van der Waals surface area contributed by atoms with Crippen molar-refractivity contribution in [3.63, 3.8) is 0 Å². The van der Waals surface area contributed by atoms with Gasteiger partial charge in [-0.1, -0.05) is 29.3 Å². The number of fused-ring (bicyclic) bond motifs is 1. The van der Waals surface area contributed by atoms with Crippen LogP contribution in [-0.4, -0.2) is 47.5 Å². The van der Waals surface area contributed by atoms with E-state index in [4.69, 9.17) is 27.9 Å². The minimum absolute atomic E-state index is 0.0357. The van der Waals surface area contributed by atoms with Crippen molar-refractivity contribution in [3.8, 4) is 5.75 Å². The second-order valence-corrected chi connectivity index (χ2v) is 6.80. The second kappa shape index (κ2) is 6.28. The van der Waals surface area contributed by atoms with Crippen molar-refractivity contribution in [2.24, 2.45) is 0 Å². The predicted octanol–water partition coefficient (Wildman–Crippen LogP) is 3.06. The summed E-state index contributed by atoms with van der Waals surface area (Å²) in [5.74, 6) is 1.34. The Morgan fingerprint density at radius 2 is 2.16 bits per heavy atom. The van der Waals surface area contributed by atoms with Crippen LogP contribution in [0.15, 0.2) is 36.3 Å². The van der Waals surface area contributed by atoms with Crippen LogP contribution in [0.2, 0.25) is 10.0 Å². The number of imidazole rings is 1. The van der Waals surface area contributed by atoms with Gasteiger partial charge in [0, 0.05) is 36.1 Å². The van der Waals surface area contributed by atoms with Gasteiger partial charge < -0.3 is 19.5 Å². The Labute approximate surface area is 155 Å². The quantitative estimate of drug-likeness (QED) is 0.891. The number of hydrogen-bond acceptors (Lipinski definition) is 4. The molecule has 25 heavy (non-hydrogen) atoms. The van der Waals surface area contributed by atoms with E-state index >= 15 is 0 Å². The van der Waals surface area contributed by atoms with E-state index in [1.807, 2.05) is 4.90 Å². The molecule has 1 atom stereocenters. The summed E-state index contributed by atoms with van der Waals surface area (Å²) in [7, 11) is 1.60. The Bertz CT molecular complexity index is 851. The summed E-state index contributed by atoms with van der Waals surface area (Å²) in [5, 5.41) is 0.947. The summed E-state index contributed by atoms with van der Waals surface area (Å²) < 4.78 is 5.45. The first-order valence-electron chi connectivity index (χ1n) is 7.85. The standard InChI is InChI=1S/C17H16Cl2N4O2/c1-25-13-3-2-12(18)16(19)15(13)10-6-11-8-22(17-20-4-5-21-17)9-14(24)23(11)7-10/h2-6,10H,7-9H2,1H3,(H,20,21)/t10-/m0/s1. The first-order chi connectivity index (χ1) is 12.1. The first-order valence-corrected chi connectivity index (χ1v) is 8.61. The van der Waals surface area contributed by atoms with E-state index in [1.165, 1.54) is 0 Å². The van der Waals surface area contributed by atoms with Gasteiger partial charge in [0.25, 0.3) is 0 Å². The molecule has 130 valence electrons. The van der Waals surface area contributed by atoms with Gasteiger partial charge in [-0.05, 0) is 12.1 Å². The number of amides is 1. The van der Waals surface area contributed by atoms with Gasteiger partial charge >= 0.3 is 0 Å². The largest absolute Gasteiger partial charge is 0.496 e. The Morgan fingerprint density at radius 3 is 2.88 bits per heavy atom. The van der Waals surface area contributed by atoms with E-state index in [0.29, 0.717) is 34.8 Å². The van der Waals surface area contributed by atoms with Crippen molar-refractivity contribution < 1.29 is 9.53 Å². The lowest BCUT2D eigenvalue weighted by atomic mass is 9.99. The van der Waals surface area contributed by atoms with Crippen LogP contribution in [0.4, 0.5) is 5.95 Å². The van der Waals surface area contributed by atoms with Crippen LogP contribution in [0.25, 0.3) is 0 Å². The number of halogens is 2. The Kier molecular flexibility index (Phi) is 4.09. The minimum Gasteiger partial charge on any atom is -0.496 e. The summed E-state index contributed by atoms with van der Waals surface area (Å²) in [5.41, 5.74) is 1.76. The molecule has 8 heteroatoms. The highest BCUT2D eigenvalue weighted by molar-refractivity contribution is 6.42. The molecule has 0 radical (unpaired) electrons. The monoisotopic (exact) mass is 378 g/mol. The smallest absolute Gasteiger partial charge is 0.246 e. The number of rotatable bonds is 3. The maximum atomic E-state index is 12.6. The van der Waals surface area contributed by atoms with Crippen LogP contribution in [0.3, 0.4) is 0 Å². The molecule has 3 heterocycles. The van der Waals surface area contributed by atoms with E-state index in [2.05, 4.69) is 16.0 Å². The van der Waals surface area contributed by atoms with Crippen LogP contribution < -0.4 is 9.64 Å². The molecule has 1 N–H and O–H groups in total. The van der Waals surface area contributed by atoms with Crippen molar-refractivity contribution in [1.82, 2.24) is 14.9 Å². The SMILES string of the molecule is COc1ccc(Cl)c(Cl)c1[C@H]1C=C2CN(c3ncc[nH]3)CC(=O)N2C1. The van der Waals surface area contributed by atoms with Crippen LogP contribution in [0.5, 0.6) is 5.75 Å². The molecule has 2 aliphatic heterocycles. The lowest BCUT2D eigenvalue weighted by Crippen LogP contribution is -2.48. The maximum Gasteiger partial charge on any atom is 0.246 e. The zero-order valence-corrected chi connectivity index (χ0v) is 15.0. The molecule has 2 aromatic rings. The maximum absolute atomic E-state index is 12.6. The van der Waals surface area contributed by atoms with Crippen molar-refractivity contribution in [3.05, 3.63) is 51.9 Å². The molecule has 0 bridgehead atoms. The number of hydrogen-bond donors (Lipinski definition) is 1. The molecule has 0 saturated carbocycles. The normalized spacial score (nSPS) is 19.9. The van der Waals surface area contributed by atoms with Gasteiger partial charge in [0.15, 0.2) is 0 Å². The first kappa shape index (κ1) is 16.3. The lowest BCUT2D eigenvalue weighted by Gasteiger charge is -2.33. The molecule has 1 aromatic carbocycles. The number of nitrogens with one attached hydrogen (secondary N) is 1. The van der Waals surface area contributed by atoms with Crippen molar-refractivity contribution in [1.29, 1.82) is 0 Å². The third-order valence-electron chi connectivity index (χ3n) is 4.57. The molecular formula is C17H16Cl2N4O2. The molecule has 6 nitrogen and oxygen atoms in total. The zero-order chi connectivity index (χ0) is 17.6. The Balaban J connectivity index is 1.68. The molecule has 4 rings (SSSR count). The molecule has 0 aliphatic carbocycles. The van der Waals surface area contributed by atoms with Crippen LogP contribution in [0, 0.1) is 0 Å². The van der Waals surface area contributed by atoms with Gasteiger partial charge in [-0.25, -0.2) is 4.98 Å². The number of H-pyrrole nitrogens is 1. The van der Waals surface area contributed by atoms with Gasteiger partial charge in [0.1, 0.15) is 12.3 Å². The van der Waals surface area contributed by atoms with Gasteiger partial charge in [0.2, 0.25) is 11.9 Å². The van der Waals surface area contributed by atoms with E-state index in [9.17, 15) is 4.79 Å². The minimum atomic E-state index is -0.0587. The van der Waals surface area contributed by atoms with Gasteiger partial charge in [-0.3, -0.25) is 4.79 Å². The third kappa shape index (κ3) is 2.75. The molecular weight excluding hydrogens is 363 g/mol. The number of aromatic nitrogens is 2. The highest BCUT2D eigenvalue weighted by Gasteiger charge is 2.37. The van der Waals surface area contributed by atoms with Crippen molar-refractivity contribution >= 4 is 35.1 Å². The summed E-state index contributed by atoms with van der Waals surface area (Å²) in [6.45, 7) is 1.44. The third-order valence-corrected chi connectivity index (χ3v) is 5.39. The number of anilines is 1. The Morgan fingerprint density at radius 1 is 1.32 bits per heavy atom. The van der Waals surface area contributed by atoms with Gasteiger partial charge in [-0.15, -0.1) is 0 Å². The summed E-state index contributed by atoms with van der Waals surface area (Å²) in [4.78, 5) is 23.6. The fourth-order valence-corrected chi connectivity index (χ4v) is 3.88. The number of ether oxygens (including phenoxy) is 1.